The van der Waals surface area contributed by atoms with Crippen LogP contribution in [0.1, 0.15) is 43.0 Å². The number of fused-ring (bicyclic) bond motifs is 1. The molecule has 3 aliphatic rings. The number of aromatic nitrogens is 2. The van der Waals surface area contributed by atoms with Crippen molar-refractivity contribution in [3.8, 4) is 5.75 Å². The lowest BCUT2D eigenvalue weighted by Crippen LogP contribution is -2.46. The molecule has 0 aromatic carbocycles. The van der Waals surface area contributed by atoms with Gasteiger partial charge in [0.05, 0.1) is 23.7 Å². The topological polar surface area (TPSA) is 75.6 Å². The van der Waals surface area contributed by atoms with E-state index in [4.69, 9.17) is 4.74 Å². The highest BCUT2D eigenvalue weighted by molar-refractivity contribution is 7.88. The molecule has 0 spiro atoms. The zero-order valence-corrected chi connectivity index (χ0v) is 21.1. The van der Waals surface area contributed by atoms with Gasteiger partial charge in [-0.2, -0.15) is 17.5 Å². The molecule has 5 rings (SSSR count). The largest absolute Gasteiger partial charge is 0.485 e. The van der Waals surface area contributed by atoms with Crippen molar-refractivity contribution in [1.29, 1.82) is 0 Å². The number of alkyl halides is 3. The number of hydrogen-bond donors (Lipinski definition) is 0. The average Bonchev–Trinajstić information content (AvgIpc) is 3.20. The number of nitrogens with zero attached hydrogens (tertiary/aromatic N) is 4. The number of hydrogen-bond acceptors (Lipinski definition) is 6. The highest BCUT2D eigenvalue weighted by Gasteiger charge is 2.43. The molecule has 1 saturated heterocycles. The molecule has 5 heterocycles. The van der Waals surface area contributed by atoms with Gasteiger partial charge in [-0.25, -0.2) is 13.4 Å². The second kappa shape index (κ2) is 9.02. The Kier molecular flexibility index (Phi) is 6.27. The first-order valence-electron chi connectivity index (χ1n) is 12.0. The van der Waals surface area contributed by atoms with Gasteiger partial charge >= 0.3 is 6.18 Å². The van der Waals surface area contributed by atoms with E-state index in [2.05, 4.69) is 23.0 Å². The predicted octanol–water partition coefficient (Wildman–Crippen LogP) is 4.15. The molecule has 7 nitrogen and oxygen atoms in total. The molecule has 2 aromatic heterocycles. The Bertz CT molecular complexity index is 1270. The molecule has 1 fully saturated rings. The zero-order valence-electron chi connectivity index (χ0n) is 20.3. The molecule has 0 amide bonds. The molecule has 1 atom stereocenters. The highest BCUT2D eigenvalue weighted by atomic mass is 32.2. The fourth-order valence-corrected chi connectivity index (χ4v) is 6.20. The van der Waals surface area contributed by atoms with Crippen LogP contribution in [0.3, 0.4) is 0 Å². The van der Waals surface area contributed by atoms with Crippen molar-refractivity contribution in [3.63, 3.8) is 0 Å². The quantitative estimate of drug-likeness (QED) is 0.601. The lowest BCUT2D eigenvalue weighted by molar-refractivity contribution is -0.137. The Morgan fingerprint density at radius 1 is 1.11 bits per heavy atom. The van der Waals surface area contributed by atoms with Crippen molar-refractivity contribution < 1.29 is 26.3 Å². The Hall–Kier alpha value is -2.66. The van der Waals surface area contributed by atoms with E-state index in [0.717, 1.165) is 54.1 Å². The van der Waals surface area contributed by atoms with Gasteiger partial charge in [-0.3, -0.25) is 4.98 Å². The molecule has 3 aliphatic heterocycles. The monoisotopic (exact) mass is 522 g/mol. The second-order valence-corrected chi connectivity index (χ2v) is 12.0. The van der Waals surface area contributed by atoms with E-state index >= 15 is 0 Å². The average molecular weight is 523 g/mol. The van der Waals surface area contributed by atoms with Crippen molar-refractivity contribution >= 4 is 21.4 Å². The first-order chi connectivity index (χ1) is 16.9. The first kappa shape index (κ1) is 25.0. The van der Waals surface area contributed by atoms with Crippen LogP contribution in [-0.4, -0.2) is 60.7 Å². The number of halogens is 3. The number of rotatable bonds is 4. The van der Waals surface area contributed by atoms with Crippen molar-refractivity contribution in [2.24, 2.45) is 5.92 Å². The number of ether oxygens (including phenoxy) is 1. The lowest BCUT2D eigenvalue weighted by atomic mass is 9.79. The van der Waals surface area contributed by atoms with Gasteiger partial charge in [-0.1, -0.05) is 6.08 Å². The van der Waals surface area contributed by atoms with Gasteiger partial charge in [0.25, 0.3) is 0 Å². The predicted molar refractivity (Wildman–Crippen MR) is 130 cm³/mol. The number of anilines is 1. The third-order valence-corrected chi connectivity index (χ3v) is 8.83. The zero-order chi connectivity index (χ0) is 25.7. The Morgan fingerprint density at radius 3 is 2.44 bits per heavy atom. The SMILES string of the molecule is CC1(C2CCN(c3ccc(C(F)(F)F)cn3)CC2)Cc2cc(C3=CCN(S(C)(=O)=O)CC3)ncc2O1. The Morgan fingerprint density at radius 2 is 1.86 bits per heavy atom. The molecular formula is C25H29F3N4O3S. The Labute approximate surface area is 209 Å². The molecule has 36 heavy (non-hydrogen) atoms. The number of pyridine rings is 2. The summed E-state index contributed by atoms with van der Waals surface area (Å²) in [4.78, 5) is 10.7. The summed E-state index contributed by atoms with van der Waals surface area (Å²) in [5.41, 5.74) is 1.88. The molecule has 0 aliphatic carbocycles. The first-order valence-corrected chi connectivity index (χ1v) is 13.9. The van der Waals surface area contributed by atoms with Crippen LogP contribution in [0.5, 0.6) is 5.75 Å². The van der Waals surface area contributed by atoms with Gasteiger partial charge in [0.2, 0.25) is 10.0 Å². The van der Waals surface area contributed by atoms with Crippen LogP contribution in [0.4, 0.5) is 19.0 Å². The van der Waals surface area contributed by atoms with Crippen molar-refractivity contribution in [2.75, 3.05) is 37.3 Å². The van der Waals surface area contributed by atoms with E-state index in [1.807, 2.05) is 11.0 Å². The van der Waals surface area contributed by atoms with Gasteiger partial charge in [0, 0.05) is 50.3 Å². The van der Waals surface area contributed by atoms with Crippen LogP contribution in [0.15, 0.2) is 36.7 Å². The molecule has 0 bridgehead atoms. The molecule has 0 radical (unpaired) electrons. The van der Waals surface area contributed by atoms with Gasteiger partial charge in [-0.15, -0.1) is 0 Å². The van der Waals surface area contributed by atoms with Crippen LogP contribution in [0.25, 0.3) is 5.57 Å². The van der Waals surface area contributed by atoms with E-state index in [0.29, 0.717) is 38.4 Å². The summed E-state index contributed by atoms with van der Waals surface area (Å²) >= 11 is 0. The molecule has 0 N–H and O–H groups in total. The normalized spacial score (nSPS) is 23.8. The van der Waals surface area contributed by atoms with Crippen molar-refractivity contribution in [2.45, 2.75) is 44.4 Å². The molecule has 0 saturated carbocycles. The number of sulfonamides is 1. The van der Waals surface area contributed by atoms with E-state index < -0.39 is 21.8 Å². The van der Waals surface area contributed by atoms with Crippen LogP contribution in [0, 0.1) is 5.92 Å². The maximum Gasteiger partial charge on any atom is 0.417 e. The molecule has 194 valence electrons. The van der Waals surface area contributed by atoms with Gasteiger partial charge < -0.3 is 9.64 Å². The van der Waals surface area contributed by atoms with Crippen molar-refractivity contribution in [1.82, 2.24) is 14.3 Å². The van der Waals surface area contributed by atoms with Crippen molar-refractivity contribution in [3.05, 3.63) is 53.5 Å². The number of piperidine rings is 1. The molecular weight excluding hydrogens is 493 g/mol. The minimum absolute atomic E-state index is 0.288. The summed E-state index contributed by atoms with van der Waals surface area (Å²) in [6.45, 7) is 4.32. The van der Waals surface area contributed by atoms with Crippen LogP contribution < -0.4 is 9.64 Å². The van der Waals surface area contributed by atoms with Gasteiger partial charge in [-0.05, 0) is 50.0 Å². The fourth-order valence-electron chi connectivity index (χ4n) is 5.43. The van der Waals surface area contributed by atoms with Gasteiger partial charge in [0.15, 0.2) is 0 Å². The third kappa shape index (κ3) is 4.95. The maximum atomic E-state index is 12.8. The summed E-state index contributed by atoms with van der Waals surface area (Å²) in [6, 6.07) is 4.58. The Balaban J connectivity index is 1.22. The summed E-state index contributed by atoms with van der Waals surface area (Å²) in [5, 5.41) is 0. The molecule has 2 aromatic rings. The standard InChI is InChI=1S/C25H29F3N4O3S/c1-24(19-7-9-31(10-8-19)23-4-3-20(15-30-23)25(26,27)28)14-18-13-21(29-16-22(18)35-24)17-5-11-32(12-6-17)36(2,33)34/h3-5,13,15-16,19H,6-12,14H2,1-2H3. The van der Waals surface area contributed by atoms with Crippen LogP contribution >= 0.6 is 0 Å². The van der Waals surface area contributed by atoms with Crippen LogP contribution in [0.2, 0.25) is 0 Å². The molecule has 1 unspecified atom stereocenters. The summed E-state index contributed by atoms with van der Waals surface area (Å²) < 4.78 is 69.9. The van der Waals surface area contributed by atoms with E-state index in [1.54, 1.807) is 6.20 Å². The minimum atomic E-state index is -4.39. The van der Waals surface area contributed by atoms with E-state index in [9.17, 15) is 21.6 Å². The van der Waals surface area contributed by atoms with E-state index in [1.165, 1.54) is 16.6 Å². The lowest BCUT2D eigenvalue weighted by Gasteiger charge is -2.40. The third-order valence-electron chi connectivity index (χ3n) is 7.56. The summed E-state index contributed by atoms with van der Waals surface area (Å²) in [6.07, 6.45) is 4.49. The second-order valence-electron chi connectivity index (χ2n) is 10.0. The summed E-state index contributed by atoms with van der Waals surface area (Å²) in [7, 11) is -3.20. The summed E-state index contributed by atoms with van der Waals surface area (Å²) in [5.74, 6) is 1.63. The van der Waals surface area contributed by atoms with Crippen LogP contribution in [-0.2, 0) is 22.6 Å². The fraction of sp³-hybridized carbons (Fsp3) is 0.520. The van der Waals surface area contributed by atoms with Gasteiger partial charge in [0.1, 0.15) is 17.2 Å². The minimum Gasteiger partial charge on any atom is -0.485 e. The molecule has 11 heteroatoms. The maximum absolute atomic E-state index is 12.8. The smallest absolute Gasteiger partial charge is 0.417 e. The highest BCUT2D eigenvalue weighted by Crippen LogP contribution is 2.43. The van der Waals surface area contributed by atoms with E-state index in [-0.39, 0.29) is 11.5 Å².